The highest BCUT2D eigenvalue weighted by molar-refractivity contribution is 6.04. The number of likely N-dealkylation sites (tertiary alicyclic amines) is 1. The third-order valence-corrected chi connectivity index (χ3v) is 4.22. The molecule has 0 unspecified atom stereocenters. The molecule has 1 aromatic heterocycles. The van der Waals surface area contributed by atoms with Crippen molar-refractivity contribution in [2.45, 2.75) is 18.9 Å². The van der Waals surface area contributed by atoms with Crippen LogP contribution in [0.15, 0.2) is 30.3 Å². The zero-order valence-electron chi connectivity index (χ0n) is 14.3. The van der Waals surface area contributed by atoms with Crippen LogP contribution in [-0.2, 0) is 7.05 Å². The summed E-state index contributed by atoms with van der Waals surface area (Å²) >= 11 is 0. The Morgan fingerprint density at radius 2 is 1.81 bits per heavy atom. The average Bonchev–Trinajstić information content (AvgIpc) is 2.98. The van der Waals surface area contributed by atoms with E-state index in [0.717, 1.165) is 0 Å². The van der Waals surface area contributed by atoms with Gasteiger partial charge >= 0.3 is 6.03 Å². The van der Waals surface area contributed by atoms with Gasteiger partial charge in [-0.3, -0.25) is 14.8 Å². The summed E-state index contributed by atoms with van der Waals surface area (Å²) in [6.07, 6.45) is 0.746. The first-order valence-corrected chi connectivity index (χ1v) is 8.31. The maximum Gasteiger partial charge on any atom is 0.323 e. The number of aromatic nitrogens is 2. The Morgan fingerprint density at radius 3 is 2.46 bits per heavy atom. The number of nitrogens with one attached hydrogen (secondary N) is 2. The van der Waals surface area contributed by atoms with E-state index in [0.29, 0.717) is 31.6 Å². The summed E-state index contributed by atoms with van der Waals surface area (Å²) in [5, 5.41) is 28.3. The SMILES string of the molecule is Cn1nc(NC(=O)N2CCC(O)CC2)cc1C(=O)Nc1ccc(O)cc1. The topological polar surface area (TPSA) is 120 Å². The highest BCUT2D eigenvalue weighted by Crippen LogP contribution is 2.17. The van der Waals surface area contributed by atoms with Crippen LogP contribution in [-0.4, -0.2) is 56.0 Å². The molecule has 2 aromatic rings. The fourth-order valence-electron chi connectivity index (χ4n) is 2.74. The van der Waals surface area contributed by atoms with Crippen LogP contribution in [0.3, 0.4) is 0 Å². The lowest BCUT2D eigenvalue weighted by Crippen LogP contribution is -2.42. The number of aryl methyl sites for hydroxylation is 1. The normalized spacial score (nSPS) is 14.9. The Morgan fingerprint density at radius 1 is 1.15 bits per heavy atom. The molecule has 0 saturated carbocycles. The van der Waals surface area contributed by atoms with Gasteiger partial charge in [0.1, 0.15) is 11.4 Å². The lowest BCUT2D eigenvalue weighted by Gasteiger charge is -2.29. The van der Waals surface area contributed by atoms with Gasteiger partial charge < -0.3 is 20.4 Å². The van der Waals surface area contributed by atoms with Gasteiger partial charge in [-0.1, -0.05) is 0 Å². The number of aliphatic hydroxyl groups excluding tert-OH is 1. The van der Waals surface area contributed by atoms with E-state index in [1.807, 2.05) is 0 Å². The molecule has 3 rings (SSSR count). The number of anilines is 2. The predicted molar refractivity (Wildman–Crippen MR) is 95.1 cm³/mol. The average molecular weight is 359 g/mol. The van der Waals surface area contributed by atoms with Crippen molar-refractivity contribution in [1.29, 1.82) is 0 Å². The number of urea groups is 1. The maximum atomic E-state index is 12.4. The van der Waals surface area contributed by atoms with Crippen LogP contribution in [0, 0.1) is 0 Å². The number of nitrogens with zero attached hydrogens (tertiary/aromatic N) is 3. The van der Waals surface area contributed by atoms with Gasteiger partial charge in [0, 0.05) is 31.9 Å². The molecule has 4 N–H and O–H groups in total. The van der Waals surface area contributed by atoms with Gasteiger partial charge in [-0.15, -0.1) is 0 Å². The molecule has 3 amide bonds. The van der Waals surface area contributed by atoms with Crippen molar-refractivity contribution < 1.29 is 19.8 Å². The number of aliphatic hydroxyl groups is 1. The summed E-state index contributed by atoms with van der Waals surface area (Å²) in [7, 11) is 1.61. The van der Waals surface area contributed by atoms with Gasteiger partial charge in [0.15, 0.2) is 5.82 Å². The van der Waals surface area contributed by atoms with E-state index in [1.165, 1.54) is 22.9 Å². The number of amides is 3. The number of piperidine rings is 1. The van der Waals surface area contributed by atoms with Gasteiger partial charge in [0.2, 0.25) is 0 Å². The van der Waals surface area contributed by atoms with Crippen LogP contribution >= 0.6 is 0 Å². The van der Waals surface area contributed by atoms with Gasteiger partial charge in [0.25, 0.3) is 5.91 Å². The summed E-state index contributed by atoms with van der Waals surface area (Å²) in [5.41, 5.74) is 0.814. The van der Waals surface area contributed by atoms with E-state index in [2.05, 4.69) is 15.7 Å². The minimum Gasteiger partial charge on any atom is -0.508 e. The fourth-order valence-corrected chi connectivity index (χ4v) is 2.74. The van der Waals surface area contributed by atoms with Crippen molar-refractivity contribution in [2.75, 3.05) is 23.7 Å². The minimum atomic E-state index is -0.382. The van der Waals surface area contributed by atoms with E-state index < -0.39 is 0 Å². The second-order valence-electron chi connectivity index (χ2n) is 6.19. The zero-order valence-corrected chi connectivity index (χ0v) is 14.3. The molecule has 9 nitrogen and oxygen atoms in total. The Balaban J connectivity index is 1.63. The van der Waals surface area contributed by atoms with Crippen LogP contribution in [0.1, 0.15) is 23.3 Å². The highest BCUT2D eigenvalue weighted by atomic mass is 16.3. The molecule has 1 aliphatic rings. The molecule has 0 spiro atoms. The van der Waals surface area contributed by atoms with Gasteiger partial charge in [-0.05, 0) is 37.1 Å². The zero-order chi connectivity index (χ0) is 18.7. The van der Waals surface area contributed by atoms with Crippen molar-refractivity contribution >= 4 is 23.4 Å². The van der Waals surface area contributed by atoms with Crippen LogP contribution in [0.5, 0.6) is 5.75 Å². The Kier molecular flexibility index (Phi) is 5.08. The molecular formula is C17H21N5O4. The van der Waals surface area contributed by atoms with E-state index in [9.17, 15) is 19.8 Å². The number of aromatic hydroxyl groups is 1. The molecular weight excluding hydrogens is 338 g/mol. The number of benzene rings is 1. The van der Waals surface area contributed by atoms with E-state index >= 15 is 0 Å². The molecule has 138 valence electrons. The molecule has 0 atom stereocenters. The van der Waals surface area contributed by atoms with Crippen molar-refractivity contribution in [2.24, 2.45) is 7.05 Å². The predicted octanol–water partition coefficient (Wildman–Crippen LogP) is 1.37. The first kappa shape index (κ1) is 17.7. The summed E-state index contributed by atoms with van der Waals surface area (Å²) in [4.78, 5) is 26.2. The molecule has 1 aromatic carbocycles. The molecule has 1 aliphatic heterocycles. The monoisotopic (exact) mass is 359 g/mol. The molecule has 26 heavy (non-hydrogen) atoms. The lowest BCUT2D eigenvalue weighted by atomic mass is 10.1. The molecule has 0 aliphatic carbocycles. The number of hydrogen-bond acceptors (Lipinski definition) is 5. The summed E-state index contributed by atoms with van der Waals surface area (Å²) in [6.45, 7) is 0.960. The standard InChI is InChI=1S/C17H21N5O4/c1-21-14(16(25)18-11-2-4-12(23)5-3-11)10-15(20-21)19-17(26)22-8-6-13(24)7-9-22/h2-5,10,13,23-24H,6-9H2,1H3,(H,18,25)(H,19,20,26). The number of rotatable bonds is 3. The summed E-state index contributed by atoms with van der Waals surface area (Å²) in [5.74, 6) is 0.00511. The Hall–Kier alpha value is -3.07. The minimum absolute atomic E-state index is 0.110. The van der Waals surface area contributed by atoms with E-state index in [4.69, 9.17) is 0 Å². The van der Waals surface area contributed by atoms with Gasteiger partial charge in [-0.25, -0.2) is 4.79 Å². The van der Waals surface area contributed by atoms with E-state index in [-0.39, 0.29) is 35.3 Å². The van der Waals surface area contributed by atoms with Crippen LogP contribution in [0.2, 0.25) is 0 Å². The van der Waals surface area contributed by atoms with Gasteiger partial charge in [-0.2, -0.15) is 5.10 Å². The molecule has 1 saturated heterocycles. The van der Waals surface area contributed by atoms with Crippen molar-refractivity contribution in [1.82, 2.24) is 14.7 Å². The quantitative estimate of drug-likeness (QED) is 0.617. The molecule has 0 bridgehead atoms. The number of carbonyl (C=O) groups excluding carboxylic acids is 2. The van der Waals surface area contributed by atoms with Crippen molar-refractivity contribution in [3.63, 3.8) is 0 Å². The van der Waals surface area contributed by atoms with Crippen LogP contribution in [0.25, 0.3) is 0 Å². The van der Waals surface area contributed by atoms with Gasteiger partial charge in [0.05, 0.1) is 6.10 Å². The lowest BCUT2D eigenvalue weighted by molar-refractivity contribution is 0.0970. The Bertz CT molecular complexity index is 794. The summed E-state index contributed by atoms with van der Waals surface area (Å²) < 4.78 is 1.38. The highest BCUT2D eigenvalue weighted by Gasteiger charge is 2.22. The molecule has 2 heterocycles. The smallest absolute Gasteiger partial charge is 0.323 e. The van der Waals surface area contributed by atoms with Crippen LogP contribution < -0.4 is 10.6 Å². The number of carbonyl (C=O) groups is 2. The second-order valence-corrected chi connectivity index (χ2v) is 6.19. The first-order chi connectivity index (χ1) is 12.4. The molecule has 9 heteroatoms. The third kappa shape index (κ3) is 4.12. The fraction of sp³-hybridized carbons (Fsp3) is 0.353. The number of phenols is 1. The van der Waals surface area contributed by atoms with E-state index in [1.54, 1.807) is 24.1 Å². The third-order valence-electron chi connectivity index (χ3n) is 4.22. The molecule has 1 fully saturated rings. The van der Waals surface area contributed by atoms with Crippen LogP contribution in [0.4, 0.5) is 16.3 Å². The summed E-state index contributed by atoms with van der Waals surface area (Å²) in [6, 6.07) is 7.29. The van der Waals surface area contributed by atoms with Crippen molar-refractivity contribution in [3.05, 3.63) is 36.0 Å². The second kappa shape index (κ2) is 7.44. The Labute approximate surface area is 150 Å². The van der Waals surface area contributed by atoms with Crippen molar-refractivity contribution in [3.8, 4) is 5.75 Å². The molecule has 0 radical (unpaired) electrons. The maximum absolute atomic E-state index is 12.4. The number of phenolic OH excluding ortho intramolecular Hbond substituents is 1. The largest absolute Gasteiger partial charge is 0.508 e. The number of hydrogen-bond donors (Lipinski definition) is 4. The first-order valence-electron chi connectivity index (χ1n) is 8.31.